The number of hydrogen-bond acceptors (Lipinski definition) is 2. The molecule has 4 rings (SSSR count). The van der Waals surface area contributed by atoms with E-state index in [1.165, 1.54) is 0 Å². The van der Waals surface area contributed by atoms with Crippen molar-refractivity contribution < 1.29 is 9.15 Å². The maximum Gasteiger partial charge on any atom is 0.177 e. The molecule has 2 nitrogen and oxygen atoms in total. The van der Waals surface area contributed by atoms with Crippen LogP contribution in [0.2, 0.25) is 0 Å². The van der Waals surface area contributed by atoms with Gasteiger partial charge in [0, 0.05) is 10.8 Å². The van der Waals surface area contributed by atoms with Gasteiger partial charge in [-0.3, -0.25) is 0 Å². The molecule has 2 heteroatoms. The summed E-state index contributed by atoms with van der Waals surface area (Å²) in [7, 11) is 0. The number of furan rings is 1. The third-order valence-electron chi connectivity index (χ3n) is 3.28. The average molecular weight is 259 g/mol. The first-order valence-electron chi connectivity index (χ1n) is 6.46. The summed E-state index contributed by atoms with van der Waals surface area (Å²) in [4.78, 5) is 0. The standard InChI is InChI=1S/C18H11O2/c1-2-7-13(8-3-1)19-17-12-6-10-15-14-9-4-5-11-16(14)20-18(15)17/h2-12H. The highest BCUT2D eigenvalue weighted by atomic mass is 16.5. The van der Waals surface area contributed by atoms with E-state index in [9.17, 15) is 0 Å². The van der Waals surface area contributed by atoms with E-state index in [2.05, 4.69) is 12.1 Å². The van der Waals surface area contributed by atoms with Crippen LogP contribution in [-0.4, -0.2) is 0 Å². The summed E-state index contributed by atoms with van der Waals surface area (Å²) >= 11 is 0. The molecular formula is C18H11O2. The van der Waals surface area contributed by atoms with Gasteiger partial charge >= 0.3 is 0 Å². The number of fused-ring (bicyclic) bond motifs is 3. The van der Waals surface area contributed by atoms with Crippen molar-refractivity contribution in [2.75, 3.05) is 0 Å². The van der Waals surface area contributed by atoms with Gasteiger partial charge in [-0.05, 0) is 30.3 Å². The second kappa shape index (κ2) is 4.42. The number of hydrogen-bond donors (Lipinski definition) is 0. The quantitative estimate of drug-likeness (QED) is 0.495. The van der Waals surface area contributed by atoms with Crippen molar-refractivity contribution in [3.8, 4) is 11.5 Å². The van der Waals surface area contributed by atoms with Crippen LogP contribution in [-0.2, 0) is 0 Å². The maximum absolute atomic E-state index is 5.92. The first kappa shape index (κ1) is 11.1. The molecule has 0 saturated carbocycles. The first-order chi connectivity index (χ1) is 9.92. The van der Waals surface area contributed by atoms with Crippen molar-refractivity contribution in [2.24, 2.45) is 0 Å². The molecule has 1 heterocycles. The van der Waals surface area contributed by atoms with Crippen LogP contribution in [0.4, 0.5) is 0 Å². The lowest BCUT2D eigenvalue weighted by Gasteiger charge is -2.05. The number of benzene rings is 3. The van der Waals surface area contributed by atoms with E-state index in [1.807, 2.05) is 60.7 Å². The smallest absolute Gasteiger partial charge is 0.177 e. The Labute approximate surface area is 116 Å². The van der Waals surface area contributed by atoms with Gasteiger partial charge in [0.1, 0.15) is 11.3 Å². The van der Waals surface area contributed by atoms with Gasteiger partial charge in [-0.25, -0.2) is 0 Å². The van der Waals surface area contributed by atoms with E-state index in [0.29, 0.717) is 0 Å². The van der Waals surface area contributed by atoms with E-state index in [-0.39, 0.29) is 0 Å². The van der Waals surface area contributed by atoms with Gasteiger partial charge in [0.05, 0.1) is 0 Å². The fraction of sp³-hybridized carbons (Fsp3) is 0. The number of para-hydroxylation sites is 2. The van der Waals surface area contributed by atoms with Crippen LogP contribution in [0.1, 0.15) is 0 Å². The molecule has 3 aromatic carbocycles. The Morgan fingerprint density at radius 2 is 1.60 bits per heavy atom. The SMILES string of the molecule is [c]1ccc(Oc2cccc3c2oc2ccccc23)cc1. The lowest BCUT2D eigenvalue weighted by atomic mass is 10.1. The molecule has 0 aliphatic heterocycles. The molecule has 0 unspecified atom stereocenters. The highest BCUT2D eigenvalue weighted by molar-refractivity contribution is 6.06. The van der Waals surface area contributed by atoms with Crippen LogP contribution in [0.25, 0.3) is 21.9 Å². The third-order valence-corrected chi connectivity index (χ3v) is 3.28. The molecule has 0 spiro atoms. The Kier molecular flexibility index (Phi) is 2.46. The molecule has 1 radical (unpaired) electrons. The van der Waals surface area contributed by atoms with E-state index < -0.39 is 0 Å². The monoisotopic (exact) mass is 259 g/mol. The average Bonchev–Trinajstić information content (AvgIpc) is 2.88. The molecule has 0 fully saturated rings. The zero-order valence-electron chi connectivity index (χ0n) is 10.7. The number of rotatable bonds is 2. The van der Waals surface area contributed by atoms with Crippen molar-refractivity contribution in [3.63, 3.8) is 0 Å². The Bertz CT molecular complexity index is 876. The van der Waals surface area contributed by atoms with Gasteiger partial charge in [0.15, 0.2) is 11.3 Å². The second-order valence-corrected chi connectivity index (χ2v) is 4.57. The molecular weight excluding hydrogens is 248 g/mol. The molecule has 95 valence electrons. The van der Waals surface area contributed by atoms with Gasteiger partial charge < -0.3 is 9.15 Å². The van der Waals surface area contributed by atoms with Crippen molar-refractivity contribution in [2.45, 2.75) is 0 Å². The fourth-order valence-electron chi connectivity index (χ4n) is 2.37. The molecule has 0 saturated heterocycles. The Morgan fingerprint density at radius 1 is 0.800 bits per heavy atom. The predicted octanol–water partition coefficient (Wildman–Crippen LogP) is 5.18. The molecule has 0 bridgehead atoms. The van der Waals surface area contributed by atoms with E-state index in [1.54, 1.807) is 0 Å². The highest BCUT2D eigenvalue weighted by Crippen LogP contribution is 2.36. The summed E-state index contributed by atoms with van der Waals surface area (Å²) in [5.74, 6) is 1.50. The van der Waals surface area contributed by atoms with E-state index in [4.69, 9.17) is 9.15 Å². The molecule has 4 aromatic rings. The van der Waals surface area contributed by atoms with Gasteiger partial charge in [-0.1, -0.05) is 42.5 Å². The second-order valence-electron chi connectivity index (χ2n) is 4.57. The zero-order valence-corrected chi connectivity index (χ0v) is 10.7. The summed E-state index contributed by atoms with van der Waals surface area (Å²) < 4.78 is 11.8. The Balaban J connectivity index is 1.91. The maximum atomic E-state index is 5.92. The molecule has 0 N–H and O–H groups in total. The largest absolute Gasteiger partial charge is 0.453 e. The molecule has 0 aliphatic rings. The van der Waals surface area contributed by atoms with Crippen molar-refractivity contribution in [1.29, 1.82) is 0 Å². The van der Waals surface area contributed by atoms with Crippen molar-refractivity contribution in [1.82, 2.24) is 0 Å². The fourth-order valence-corrected chi connectivity index (χ4v) is 2.37. The predicted molar refractivity (Wildman–Crippen MR) is 79.1 cm³/mol. The Morgan fingerprint density at radius 3 is 2.50 bits per heavy atom. The van der Waals surface area contributed by atoms with Gasteiger partial charge in [0.25, 0.3) is 0 Å². The van der Waals surface area contributed by atoms with Gasteiger partial charge in [-0.15, -0.1) is 0 Å². The summed E-state index contributed by atoms with van der Waals surface area (Å²) in [5.41, 5.74) is 1.65. The zero-order chi connectivity index (χ0) is 13.4. The minimum atomic E-state index is 0.727. The minimum Gasteiger partial charge on any atom is -0.453 e. The van der Waals surface area contributed by atoms with Crippen LogP contribution < -0.4 is 4.74 Å². The summed E-state index contributed by atoms with van der Waals surface area (Å²) in [6.45, 7) is 0. The lowest BCUT2D eigenvalue weighted by molar-refractivity contribution is 0.476. The first-order valence-corrected chi connectivity index (χ1v) is 6.46. The third kappa shape index (κ3) is 1.74. The normalized spacial score (nSPS) is 11.0. The highest BCUT2D eigenvalue weighted by Gasteiger charge is 2.11. The summed E-state index contributed by atoms with van der Waals surface area (Å²) in [6.07, 6.45) is 0. The number of ether oxygens (including phenoxy) is 1. The molecule has 1 aromatic heterocycles. The van der Waals surface area contributed by atoms with Crippen LogP contribution in [0.15, 0.2) is 71.1 Å². The topological polar surface area (TPSA) is 22.4 Å². The van der Waals surface area contributed by atoms with Crippen LogP contribution in [0, 0.1) is 6.07 Å². The van der Waals surface area contributed by atoms with E-state index >= 15 is 0 Å². The molecule has 20 heavy (non-hydrogen) atoms. The molecule has 0 atom stereocenters. The van der Waals surface area contributed by atoms with Gasteiger partial charge in [0.2, 0.25) is 0 Å². The Hall–Kier alpha value is -2.74. The summed E-state index contributed by atoms with van der Waals surface area (Å²) in [5, 5.41) is 2.18. The van der Waals surface area contributed by atoms with Crippen LogP contribution in [0.3, 0.4) is 0 Å². The molecule has 0 aliphatic carbocycles. The lowest BCUT2D eigenvalue weighted by Crippen LogP contribution is -1.83. The van der Waals surface area contributed by atoms with Crippen LogP contribution >= 0.6 is 0 Å². The van der Waals surface area contributed by atoms with Crippen LogP contribution in [0.5, 0.6) is 11.5 Å². The summed E-state index contributed by atoms with van der Waals surface area (Å²) in [6, 6.07) is 24.3. The van der Waals surface area contributed by atoms with E-state index in [0.717, 1.165) is 33.4 Å². The molecule has 0 amide bonds. The van der Waals surface area contributed by atoms with Gasteiger partial charge in [-0.2, -0.15) is 0 Å². The minimum absolute atomic E-state index is 0.727. The van der Waals surface area contributed by atoms with Crippen molar-refractivity contribution >= 4 is 21.9 Å². The van der Waals surface area contributed by atoms with Crippen molar-refractivity contribution in [3.05, 3.63) is 72.8 Å².